The van der Waals surface area contributed by atoms with E-state index < -0.39 is 4.92 Å². The van der Waals surface area contributed by atoms with Gasteiger partial charge in [0.25, 0.3) is 0 Å². The monoisotopic (exact) mass is 265 g/mol. The zero-order valence-corrected chi connectivity index (χ0v) is 10.9. The second-order valence-corrected chi connectivity index (χ2v) is 5.17. The molecule has 0 atom stereocenters. The third kappa shape index (κ3) is 3.64. The highest BCUT2D eigenvalue weighted by atomic mass is 16.6. The van der Waals surface area contributed by atoms with Gasteiger partial charge in [-0.2, -0.15) is 0 Å². The van der Waals surface area contributed by atoms with Gasteiger partial charge in [0, 0.05) is 12.3 Å². The van der Waals surface area contributed by atoms with Crippen LogP contribution >= 0.6 is 0 Å². The van der Waals surface area contributed by atoms with Crippen LogP contribution < -0.4 is 10.5 Å². The molecular formula is C13H19N3O3. The molecular weight excluding hydrogens is 246 g/mol. The molecule has 0 bridgehead atoms. The average molecular weight is 265 g/mol. The summed E-state index contributed by atoms with van der Waals surface area (Å²) in [4.78, 5) is 14.1. The lowest BCUT2D eigenvalue weighted by atomic mass is 9.92. The van der Waals surface area contributed by atoms with Crippen molar-refractivity contribution < 1.29 is 9.66 Å². The molecule has 0 aromatic carbocycles. The van der Waals surface area contributed by atoms with Gasteiger partial charge in [-0.3, -0.25) is 15.1 Å². The molecule has 0 spiro atoms. The molecule has 6 nitrogen and oxygen atoms in total. The molecule has 1 aliphatic rings. The Morgan fingerprint density at radius 3 is 2.68 bits per heavy atom. The van der Waals surface area contributed by atoms with E-state index >= 15 is 0 Å². The molecule has 6 heteroatoms. The van der Waals surface area contributed by atoms with Crippen LogP contribution in [-0.4, -0.2) is 22.1 Å². The molecule has 0 amide bonds. The fourth-order valence-electron chi connectivity index (χ4n) is 2.43. The number of rotatable bonds is 4. The zero-order valence-electron chi connectivity index (χ0n) is 10.9. The Balaban J connectivity index is 2.03. The van der Waals surface area contributed by atoms with Crippen molar-refractivity contribution in [2.24, 2.45) is 5.73 Å². The predicted molar refractivity (Wildman–Crippen MR) is 71.0 cm³/mol. The Bertz CT molecular complexity index is 443. The lowest BCUT2D eigenvalue weighted by Gasteiger charge is -2.27. The van der Waals surface area contributed by atoms with Crippen LogP contribution in [0.2, 0.25) is 0 Å². The highest BCUT2D eigenvalue weighted by molar-refractivity contribution is 5.43. The van der Waals surface area contributed by atoms with Crippen LogP contribution in [0.25, 0.3) is 0 Å². The maximum atomic E-state index is 10.9. The van der Waals surface area contributed by atoms with Gasteiger partial charge >= 0.3 is 5.69 Å². The highest BCUT2D eigenvalue weighted by Crippen LogP contribution is 2.29. The summed E-state index contributed by atoms with van der Waals surface area (Å²) in [6.07, 6.45) is 9.10. The summed E-state index contributed by atoms with van der Waals surface area (Å²) >= 11 is 0. The summed E-state index contributed by atoms with van der Waals surface area (Å²) in [7, 11) is 0. The molecule has 0 radical (unpaired) electrons. The summed E-state index contributed by atoms with van der Waals surface area (Å²) in [6.45, 7) is 0.317. The van der Waals surface area contributed by atoms with Crippen LogP contribution in [0.5, 0.6) is 5.75 Å². The van der Waals surface area contributed by atoms with Gasteiger partial charge in [-0.05, 0) is 12.8 Å². The van der Waals surface area contributed by atoms with Crippen LogP contribution in [0.15, 0.2) is 18.5 Å². The van der Waals surface area contributed by atoms with E-state index in [2.05, 4.69) is 4.98 Å². The first-order chi connectivity index (χ1) is 9.11. The molecule has 1 aromatic rings. The van der Waals surface area contributed by atoms with Crippen molar-refractivity contribution in [2.45, 2.75) is 44.1 Å². The molecule has 2 rings (SSSR count). The molecule has 1 aromatic heterocycles. The number of nitro groups is 1. The minimum absolute atomic E-state index is 0.111. The van der Waals surface area contributed by atoms with E-state index in [0.717, 1.165) is 25.7 Å². The topological polar surface area (TPSA) is 91.3 Å². The van der Waals surface area contributed by atoms with Crippen molar-refractivity contribution in [3.8, 4) is 5.75 Å². The summed E-state index contributed by atoms with van der Waals surface area (Å²) in [6, 6.07) is 1.51. The third-order valence-corrected chi connectivity index (χ3v) is 3.57. The fourth-order valence-corrected chi connectivity index (χ4v) is 2.43. The van der Waals surface area contributed by atoms with Crippen molar-refractivity contribution in [3.05, 3.63) is 28.6 Å². The number of ether oxygens (including phenoxy) is 1. The Labute approximate surface area is 112 Å². The van der Waals surface area contributed by atoms with Crippen LogP contribution in [0.4, 0.5) is 5.69 Å². The minimum atomic E-state index is -0.487. The van der Waals surface area contributed by atoms with Crippen LogP contribution in [0, 0.1) is 10.1 Å². The van der Waals surface area contributed by atoms with E-state index in [4.69, 9.17) is 10.5 Å². The molecule has 0 unspecified atom stereocenters. The number of nitrogens with zero attached hydrogens (tertiary/aromatic N) is 2. The first-order valence-electron chi connectivity index (χ1n) is 6.61. The predicted octanol–water partition coefficient (Wildman–Crippen LogP) is 2.42. The Kier molecular flexibility index (Phi) is 4.31. The molecule has 0 aliphatic heterocycles. The molecule has 1 heterocycles. The normalized spacial score (nSPS) is 18.6. The Hall–Kier alpha value is -1.69. The maximum absolute atomic E-state index is 10.9. The standard InChI is InChI=1S/C13H19N3O3/c14-13(6-3-1-2-4-7-13)10-19-12-5-8-15-9-11(12)16(17)18/h5,8-9H,1-4,6-7,10,14H2. The smallest absolute Gasteiger partial charge is 0.329 e. The van der Waals surface area contributed by atoms with Gasteiger partial charge in [0.1, 0.15) is 12.8 Å². The molecule has 1 saturated carbocycles. The molecule has 1 aliphatic carbocycles. The van der Waals surface area contributed by atoms with E-state index in [0.29, 0.717) is 6.61 Å². The summed E-state index contributed by atoms with van der Waals surface area (Å²) in [5.41, 5.74) is 5.84. The van der Waals surface area contributed by atoms with Crippen molar-refractivity contribution in [1.82, 2.24) is 4.98 Å². The molecule has 19 heavy (non-hydrogen) atoms. The number of aromatic nitrogens is 1. The van der Waals surface area contributed by atoms with Crippen molar-refractivity contribution in [1.29, 1.82) is 0 Å². The van der Waals surface area contributed by atoms with Crippen LogP contribution in [0.3, 0.4) is 0 Å². The second-order valence-electron chi connectivity index (χ2n) is 5.17. The molecule has 2 N–H and O–H groups in total. The van der Waals surface area contributed by atoms with Crippen molar-refractivity contribution in [3.63, 3.8) is 0 Å². The minimum Gasteiger partial charge on any atom is -0.485 e. The number of nitrogens with two attached hydrogens (primary N) is 1. The number of hydrogen-bond acceptors (Lipinski definition) is 5. The second kappa shape index (κ2) is 5.97. The fraction of sp³-hybridized carbons (Fsp3) is 0.615. The van der Waals surface area contributed by atoms with Gasteiger partial charge in [-0.1, -0.05) is 25.7 Å². The van der Waals surface area contributed by atoms with E-state index in [-0.39, 0.29) is 17.0 Å². The van der Waals surface area contributed by atoms with Crippen LogP contribution in [0.1, 0.15) is 38.5 Å². The SMILES string of the molecule is NC1(COc2ccncc2[N+](=O)[O-])CCCCCC1. The first-order valence-corrected chi connectivity index (χ1v) is 6.61. The Morgan fingerprint density at radius 1 is 1.37 bits per heavy atom. The van der Waals surface area contributed by atoms with E-state index in [1.54, 1.807) is 0 Å². The van der Waals surface area contributed by atoms with Gasteiger partial charge in [0.15, 0.2) is 5.75 Å². The van der Waals surface area contributed by atoms with Gasteiger partial charge in [0.05, 0.1) is 10.5 Å². The first kappa shape index (κ1) is 13.7. The average Bonchev–Trinajstić information content (AvgIpc) is 2.62. The zero-order chi connectivity index (χ0) is 13.7. The lowest BCUT2D eigenvalue weighted by Crippen LogP contribution is -2.45. The molecule has 0 saturated heterocycles. The third-order valence-electron chi connectivity index (χ3n) is 3.57. The van der Waals surface area contributed by atoms with E-state index in [1.807, 2.05) is 0 Å². The highest BCUT2D eigenvalue weighted by Gasteiger charge is 2.28. The number of pyridine rings is 1. The summed E-state index contributed by atoms with van der Waals surface area (Å²) < 4.78 is 5.59. The van der Waals surface area contributed by atoms with E-state index in [9.17, 15) is 10.1 Å². The summed E-state index contributed by atoms with van der Waals surface area (Å²) in [5, 5.41) is 10.9. The maximum Gasteiger partial charge on any atom is 0.329 e. The largest absolute Gasteiger partial charge is 0.485 e. The van der Waals surface area contributed by atoms with Crippen LogP contribution in [-0.2, 0) is 0 Å². The van der Waals surface area contributed by atoms with Crippen molar-refractivity contribution >= 4 is 5.69 Å². The summed E-state index contributed by atoms with van der Waals surface area (Å²) in [5.74, 6) is 0.245. The van der Waals surface area contributed by atoms with Crippen molar-refractivity contribution in [2.75, 3.05) is 6.61 Å². The van der Waals surface area contributed by atoms with Gasteiger partial charge in [-0.25, -0.2) is 0 Å². The van der Waals surface area contributed by atoms with Gasteiger partial charge in [0.2, 0.25) is 0 Å². The lowest BCUT2D eigenvalue weighted by molar-refractivity contribution is -0.386. The molecule has 1 fully saturated rings. The number of hydrogen-bond donors (Lipinski definition) is 1. The molecule has 104 valence electrons. The Morgan fingerprint density at radius 2 is 2.05 bits per heavy atom. The van der Waals surface area contributed by atoms with E-state index in [1.165, 1.54) is 31.3 Å². The van der Waals surface area contributed by atoms with Gasteiger partial charge < -0.3 is 10.5 Å². The van der Waals surface area contributed by atoms with Gasteiger partial charge in [-0.15, -0.1) is 0 Å². The quantitative estimate of drug-likeness (QED) is 0.513.